The zero-order valence-corrected chi connectivity index (χ0v) is 15.4. The van der Waals surface area contributed by atoms with Gasteiger partial charge in [0.2, 0.25) is 11.8 Å². The number of nitrogens with zero attached hydrogens (tertiary/aromatic N) is 2. The van der Waals surface area contributed by atoms with Crippen LogP contribution < -0.4 is 10.2 Å². The topological polar surface area (TPSA) is 92.6 Å². The average molecular weight is 388 g/mol. The molecule has 2 amide bonds. The molecule has 1 fully saturated rings. The number of benzene rings is 2. The summed E-state index contributed by atoms with van der Waals surface area (Å²) >= 11 is 6.02. The highest BCUT2D eigenvalue weighted by Gasteiger charge is 2.35. The van der Waals surface area contributed by atoms with Gasteiger partial charge in [-0.05, 0) is 30.2 Å². The number of amides is 2. The molecule has 7 nitrogen and oxygen atoms in total. The van der Waals surface area contributed by atoms with Gasteiger partial charge in [0.05, 0.1) is 21.6 Å². The summed E-state index contributed by atoms with van der Waals surface area (Å²) in [5.41, 5.74) is 1.91. The molecule has 1 heterocycles. The molecule has 1 N–H and O–H groups in total. The summed E-state index contributed by atoms with van der Waals surface area (Å²) in [4.78, 5) is 36.8. The number of nitro groups is 1. The molecule has 2 aromatic rings. The highest BCUT2D eigenvalue weighted by Crippen LogP contribution is 2.30. The lowest BCUT2D eigenvalue weighted by Gasteiger charge is -2.17. The van der Waals surface area contributed by atoms with Crippen molar-refractivity contribution >= 4 is 40.5 Å². The molecule has 1 aliphatic heterocycles. The molecule has 0 aliphatic carbocycles. The maximum atomic E-state index is 12.6. The van der Waals surface area contributed by atoms with Gasteiger partial charge in [0.15, 0.2) is 0 Å². The number of non-ortho nitro benzene ring substituents is 1. The zero-order valence-electron chi connectivity index (χ0n) is 14.6. The molecule has 0 bridgehead atoms. The van der Waals surface area contributed by atoms with Crippen molar-refractivity contribution in [1.29, 1.82) is 0 Å². The first-order valence-corrected chi connectivity index (χ1v) is 8.91. The Morgan fingerprint density at radius 2 is 2.00 bits per heavy atom. The fraction of sp³-hybridized carbons (Fsp3) is 0.263. The van der Waals surface area contributed by atoms with Crippen LogP contribution in [-0.2, 0) is 16.0 Å². The molecule has 3 rings (SSSR count). The predicted molar refractivity (Wildman–Crippen MR) is 103 cm³/mol. The van der Waals surface area contributed by atoms with Gasteiger partial charge in [0.25, 0.3) is 5.69 Å². The summed E-state index contributed by atoms with van der Waals surface area (Å²) in [6, 6.07) is 11.5. The fourth-order valence-electron chi connectivity index (χ4n) is 3.00. The van der Waals surface area contributed by atoms with Crippen LogP contribution in [0.4, 0.5) is 17.1 Å². The molecule has 0 saturated carbocycles. The van der Waals surface area contributed by atoms with Crippen molar-refractivity contribution in [3.8, 4) is 0 Å². The van der Waals surface area contributed by atoms with Gasteiger partial charge in [-0.15, -0.1) is 0 Å². The molecular formula is C19H18ClN3O4. The van der Waals surface area contributed by atoms with Gasteiger partial charge in [0.1, 0.15) is 0 Å². The molecule has 0 spiro atoms. The van der Waals surface area contributed by atoms with E-state index in [4.69, 9.17) is 11.6 Å². The third-order valence-corrected chi connectivity index (χ3v) is 4.90. The van der Waals surface area contributed by atoms with Crippen LogP contribution in [0.5, 0.6) is 0 Å². The van der Waals surface area contributed by atoms with Crippen molar-refractivity contribution in [2.75, 3.05) is 16.8 Å². The number of nitro benzene ring substituents is 1. The average Bonchev–Trinajstić information content (AvgIpc) is 3.05. The molecule has 1 aliphatic rings. The predicted octanol–water partition coefficient (Wildman–Crippen LogP) is 3.80. The van der Waals surface area contributed by atoms with E-state index in [9.17, 15) is 19.7 Å². The number of carbonyl (C=O) groups excluding carboxylic acids is 2. The van der Waals surface area contributed by atoms with Crippen molar-refractivity contribution in [2.24, 2.45) is 5.92 Å². The standard InChI is InChI=1S/C19H18ClN3O4/c1-2-12-3-5-14(6-4-12)22-11-13(9-18(22)24)19(25)21-17-10-15(23(26)27)7-8-16(17)20/h3-8,10,13H,2,9,11H2,1H3,(H,21,25)/t13-/m1/s1. The van der Waals surface area contributed by atoms with Gasteiger partial charge < -0.3 is 10.2 Å². The first-order chi connectivity index (χ1) is 12.9. The van der Waals surface area contributed by atoms with E-state index in [0.717, 1.165) is 12.1 Å². The highest BCUT2D eigenvalue weighted by atomic mass is 35.5. The van der Waals surface area contributed by atoms with Crippen LogP contribution >= 0.6 is 11.6 Å². The van der Waals surface area contributed by atoms with Crippen LogP contribution in [0.1, 0.15) is 18.9 Å². The first kappa shape index (κ1) is 18.8. The number of hydrogen-bond acceptors (Lipinski definition) is 4. The van der Waals surface area contributed by atoms with E-state index >= 15 is 0 Å². The first-order valence-electron chi connectivity index (χ1n) is 8.53. The number of aryl methyl sites for hydroxylation is 1. The van der Waals surface area contributed by atoms with Crippen molar-refractivity contribution in [1.82, 2.24) is 0 Å². The van der Waals surface area contributed by atoms with E-state index in [1.807, 2.05) is 24.3 Å². The second-order valence-electron chi connectivity index (χ2n) is 6.34. The van der Waals surface area contributed by atoms with E-state index in [-0.39, 0.29) is 35.3 Å². The largest absolute Gasteiger partial charge is 0.324 e. The number of rotatable bonds is 5. The van der Waals surface area contributed by atoms with Crippen LogP contribution in [0.15, 0.2) is 42.5 Å². The zero-order chi connectivity index (χ0) is 19.6. The Kier molecular flexibility index (Phi) is 5.41. The summed E-state index contributed by atoms with van der Waals surface area (Å²) in [5.74, 6) is -1.08. The van der Waals surface area contributed by atoms with E-state index in [1.54, 1.807) is 4.90 Å². The van der Waals surface area contributed by atoms with Gasteiger partial charge in [-0.3, -0.25) is 19.7 Å². The summed E-state index contributed by atoms with van der Waals surface area (Å²) in [7, 11) is 0. The number of nitrogens with one attached hydrogen (secondary N) is 1. The lowest BCUT2D eigenvalue weighted by molar-refractivity contribution is -0.384. The lowest BCUT2D eigenvalue weighted by atomic mass is 10.1. The second kappa shape index (κ2) is 7.75. The number of anilines is 2. The Morgan fingerprint density at radius 3 is 2.63 bits per heavy atom. The number of carbonyl (C=O) groups is 2. The summed E-state index contributed by atoms with van der Waals surface area (Å²) < 4.78 is 0. The third kappa shape index (κ3) is 4.09. The highest BCUT2D eigenvalue weighted by molar-refractivity contribution is 6.33. The minimum atomic E-state index is -0.563. The van der Waals surface area contributed by atoms with Crippen LogP contribution in [0.2, 0.25) is 5.02 Å². The summed E-state index contributed by atoms with van der Waals surface area (Å²) in [6.07, 6.45) is 0.983. The Balaban J connectivity index is 1.72. The Hall–Kier alpha value is -2.93. The van der Waals surface area contributed by atoms with Crippen LogP contribution in [0.3, 0.4) is 0 Å². The normalized spacial score (nSPS) is 16.4. The van der Waals surface area contributed by atoms with Gasteiger partial charge in [-0.2, -0.15) is 0 Å². The maximum absolute atomic E-state index is 12.6. The Labute approximate surface area is 161 Å². The molecule has 0 unspecified atom stereocenters. The van der Waals surface area contributed by atoms with Crippen molar-refractivity contribution in [2.45, 2.75) is 19.8 Å². The Bertz CT molecular complexity index is 898. The molecule has 8 heteroatoms. The fourth-order valence-corrected chi connectivity index (χ4v) is 3.17. The molecule has 2 aromatic carbocycles. The van der Waals surface area contributed by atoms with Gasteiger partial charge >= 0.3 is 0 Å². The van der Waals surface area contributed by atoms with E-state index in [2.05, 4.69) is 12.2 Å². The number of halogens is 1. The minimum Gasteiger partial charge on any atom is -0.324 e. The third-order valence-electron chi connectivity index (χ3n) is 4.57. The van der Waals surface area contributed by atoms with Crippen molar-refractivity contribution in [3.05, 3.63) is 63.2 Å². The molecule has 0 aromatic heterocycles. The van der Waals surface area contributed by atoms with Gasteiger partial charge in [-0.25, -0.2) is 0 Å². The quantitative estimate of drug-likeness (QED) is 0.623. The van der Waals surface area contributed by atoms with E-state index in [0.29, 0.717) is 0 Å². The summed E-state index contributed by atoms with van der Waals surface area (Å²) in [5, 5.41) is 13.7. The van der Waals surface area contributed by atoms with Crippen molar-refractivity contribution in [3.63, 3.8) is 0 Å². The monoisotopic (exact) mass is 387 g/mol. The molecule has 27 heavy (non-hydrogen) atoms. The molecule has 0 radical (unpaired) electrons. The number of hydrogen-bond donors (Lipinski definition) is 1. The lowest BCUT2D eigenvalue weighted by Crippen LogP contribution is -2.28. The molecule has 1 atom stereocenters. The molecule has 1 saturated heterocycles. The Morgan fingerprint density at radius 1 is 1.30 bits per heavy atom. The second-order valence-corrected chi connectivity index (χ2v) is 6.74. The minimum absolute atomic E-state index is 0.0773. The SMILES string of the molecule is CCc1ccc(N2C[C@H](C(=O)Nc3cc([N+](=O)[O-])ccc3Cl)CC2=O)cc1. The smallest absolute Gasteiger partial charge is 0.271 e. The van der Waals surface area contributed by atoms with Gasteiger partial charge in [-0.1, -0.05) is 30.7 Å². The molecule has 140 valence electrons. The molecular weight excluding hydrogens is 370 g/mol. The van der Waals surface area contributed by atoms with Crippen LogP contribution in [0, 0.1) is 16.0 Å². The van der Waals surface area contributed by atoms with E-state index in [1.165, 1.54) is 23.8 Å². The van der Waals surface area contributed by atoms with Crippen LogP contribution in [-0.4, -0.2) is 23.3 Å². The van der Waals surface area contributed by atoms with Crippen molar-refractivity contribution < 1.29 is 14.5 Å². The summed E-state index contributed by atoms with van der Waals surface area (Å²) in [6.45, 7) is 2.30. The maximum Gasteiger partial charge on any atom is 0.271 e. The van der Waals surface area contributed by atoms with Crippen LogP contribution in [0.25, 0.3) is 0 Å². The van der Waals surface area contributed by atoms with E-state index < -0.39 is 16.7 Å². The van der Waals surface area contributed by atoms with Gasteiger partial charge in [0, 0.05) is 30.8 Å².